The second kappa shape index (κ2) is 4.98. The first kappa shape index (κ1) is 14.7. The van der Waals surface area contributed by atoms with E-state index in [2.05, 4.69) is 5.10 Å². The molecule has 1 aromatic carbocycles. The lowest BCUT2D eigenvalue weighted by molar-refractivity contribution is -0.747. The predicted octanol–water partition coefficient (Wildman–Crippen LogP) is 1.43. The molecule has 1 N–H and O–H groups in total. The molecule has 5 nitrogen and oxygen atoms in total. The van der Waals surface area contributed by atoms with Gasteiger partial charge in [-0.3, -0.25) is 4.55 Å². The summed E-state index contributed by atoms with van der Waals surface area (Å²) in [5, 5.41) is 4.27. The second-order valence-electron chi connectivity index (χ2n) is 4.14. The van der Waals surface area contributed by atoms with Crippen molar-refractivity contribution < 1.29 is 30.8 Å². The number of aromatic nitrogens is 2. The Bertz CT molecular complexity index is 744. The molecule has 0 amide bonds. The van der Waals surface area contributed by atoms with E-state index in [1.165, 1.54) is 23.0 Å². The molecule has 0 bridgehead atoms. The highest BCUT2D eigenvalue weighted by Crippen LogP contribution is 2.30. The summed E-state index contributed by atoms with van der Waals surface area (Å²) in [5.74, 6) is -0.517. The average molecular weight is 307 g/mol. The summed E-state index contributed by atoms with van der Waals surface area (Å²) in [4.78, 5) is 0. The molecule has 108 valence electrons. The van der Waals surface area contributed by atoms with Crippen molar-refractivity contribution in [2.75, 3.05) is 5.75 Å². The standard InChI is InChI=1S/C11H9F3N2O3S/c12-11(13,14)9-1-2-10-8(7-9)3-4-16(15-10)5-6-20(17,18)19/h1-4,7H,5-6H2/p+1. The number of rotatable bonds is 3. The Labute approximate surface area is 112 Å². The summed E-state index contributed by atoms with van der Waals surface area (Å²) >= 11 is 0. The Morgan fingerprint density at radius 2 is 1.95 bits per heavy atom. The van der Waals surface area contributed by atoms with Crippen LogP contribution in [0.2, 0.25) is 0 Å². The van der Waals surface area contributed by atoms with Gasteiger partial charge in [0.25, 0.3) is 10.1 Å². The summed E-state index contributed by atoms with van der Waals surface area (Å²) in [6.07, 6.45) is -3.07. The number of hydrogen-bond acceptors (Lipinski definition) is 3. The highest BCUT2D eigenvalue weighted by molar-refractivity contribution is 7.85. The van der Waals surface area contributed by atoms with Crippen LogP contribution < -0.4 is 4.68 Å². The largest absolute Gasteiger partial charge is 0.416 e. The summed E-state index contributed by atoms with van der Waals surface area (Å²) < 4.78 is 68.7. The molecule has 2 aromatic rings. The van der Waals surface area contributed by atoms with Crippen molar-refractivity contribution >= 4 is 21.0 Å². The van der Waals surface area contributed by atoms with Crippen molar-refractivity contribution in [3.8, 4) is 0 Å². The van der Waals surface area contributed by atoms with E-state index in [0.717, 1.165) is 12.1 Å². The minimum atomic E-state index is -4.43. The van der Waals surface area contributed by atoms with Crippen molar-refractivity contribution in [3.05, 3.63) is 36.0 Å². The van der Waals surface area contributed by atoms with Crippen LogP contribution in [0.15, 0.2) is 30.5 Å². The molecule has 0 aliphatic rings. The third-order valence-corrected chi connectivity index (χ3v) is 3.29. The molecule has 1 heterocycles. The summed E-state index contributed by atoms with van der Waals surface area (Å²) in [6, 6.07) is 4.49. The molecule has 0 spiro atoms. The van der Waals surface area contributed by atoms with Crippen molar-refractivity contribution in [1.82, 2.24) is 5.10 Å². The van der Waals surface area contributed by atoms with Gasteiger partial charge in [0.1, 0.15) is 11.3 Å². The molecule has 0 radical (unpaired) electrons. The molecule has 1 aromatic heterocycles. The van der Waals surface area contributed by atoms with Gasteiger partial charge >= 0.3 is 6.18 Å². The van der Waals surface area contributed by atoms with Crippen LogP contribution in [0.25, 0.3) is 10.9 Å². The van der Waals surface area contributed by atoms with Crippen LogP contribution >= 0.6 is 0 Å². The van der Waals surface area contributed by atoms with E-state index in [0.29, 0.717) is 10.9 Å². The summed E-state index contributed by atoms with van der Waals surface area (Å²) in [7, 11) is -4.11. The summed E-state index contributed by atoms with van der Waals surface area (Å²) in [5.41, 5.74) is -0.474. The molecule has 0 aliphatic heterocycles. The van der Waals surface area contributed by atoms with E-state index in [1.54, 1.807) is 0 Å². The number of halogens is 3. The molecule has 20 heavy (non-hydrogen) atoms. The number of nitrogens with zero attached hydrogens (tertiary/aromatic N) is 2. The topological polar surface area (TPSA) is 71.1 Å². The zero-order valence-corrected chi connectivity index (χ0v) is 10.8. The molecule has 0 saturated carbocycles. The first-order valence-corrected chi connectivity index (χ1v) is 7.09. The zero-order chi connectivity index (χ0) is 15.0. The van der Waals surface area contributed by atoms with E-state index in [4.69, 9.17) is 4.55 Å². The third kappa shape index (κ3) is 3.64. The molecule has 2 rings (SSSR count). The quantitative estimate of drug-likeness (QED) is 0.688. The van der Waals surface area contributed by atoms with E-state index in [-0.39, 0.29) is 6.54 Å². The highest BCUT2D eigenvalue weighted by Gasteiger charge is 2.30. The minimum absolute atomic E-state index is 0.0875. The maximum atomic E-state index is 12.5. The van der Waals surface area contributed by atoms with Gasteiger partial charge in [0.15, 0.2) is 12.7 Å². The number of hydrogen-bond donors (Lipinski definition) is 1. The van der Waals surface area contributed by atoms with Crippen LogP contribution in [0, 0.1) is 0 Å². The maximum Gasteiger partial charge on any atom is 0.416 e. The Balaban J connectivity index is 2.32. The third-order valence-electron chi connectivity index (χ3n) is 2.60. The van der Waals surface area contributed by atoms with Crippen LogP contribution in [-0.4, -0.2) is 23.8 Å². The van der Waals surface area contributed by atoms with E-state index >= 15 is 0 Å². The fourth-order valence-corrected chi connectivity index (χ4v) is 2.04. The van der Waals surface area contributed by atoms with Crippen LogP contribution in [0.4, 0.5) is 13.2 Å². The molecule has 0 aliphatic carbocycles. The van der Waals surface area contributed by atoms with Gasteiger partial charge in [0.2, 0.25) is 0 Å². The Kier molecular flexibility index (Phi) is 3.65. The maximum absolute atomic E-state index is 12.5. The zero-order valence-electron chi connectivity index (χ0n) is 10.0. The first-order valence-electron chi connectivity index (χ1n) is 5.48. The van der Waals surface area contributed by atoms with Gasteiger partial charge in [-0.05, 0) is 18.2 Å². The monoisotopic (exact) mass is 307 g/mol. The number of benzene rings is 1. The minimum Gasteiger partial charge on any atom is -0.285 e. The first-order chi connectivity index (χ1) is 9.15. The predicted molar refractivity (Wildman–Crippen MR) is 63.4 cm³/mol. The normalized spacial score (nSPS) is 12.8. The molecule has 0 fully saturated rings. The molecular formula is C11H10F3N2O3S+. The number of aryl methyl sites for hydroxylation is 1. The van der Waals surface area contributed by atoms with Gasteiger partial charge in [0.05, 0.1) is 5.56 Å². The number of fused-ring (bicyclic) bond motifs is 1. The Hall–Kier alpha value is -1.74. The highest BCUT2D eigenvalue weighted by atomic mass is 32.2. The lowest BCUT2D eigenvalue weighted by Gasteiger charge is -2.06. The lowest BCUT2D eigenvalue weighted by Crippen LogP contribution is -2.40. The molecule has 0 saturated heterocycles. The molecular weight excluding hydrogens is 297 g/mol. The Morgan fingerprint density at radius 1 is 1.25 bits per heavy atom. The fraction of sp³-hybridized carbons (Fsp3) is 0.273. The van der Waals surface area contributed by atoms with Gasteiger partial charge in [0, 0.05) is 16.6 Å². The Morgan fingerprint density at radius 3 is 2.55 bits per heavy atom. The van der Waals surface area contributed by atoms with Gasteiger partial charge in [-0.1, -0.05) is 4.68 Å². The van der Waals surface area contributed by atoms with Gasteiger partial charge in [-0.25, -0.2) is 0 Å². The molecule has 0 unspecified atom stereocenters. The summed E-state index contributed by atoms with van der Waals surface area (Å²) in [6.45, 7) is -0.0875. The van der Waals surface area contributed by atoms with Crippen molar-refractivity contribution in [1.29, 1.82) is 0 Å². The van der Waals surface area contributed by atoms with Crippen molar-refractivity contribution in [2.45, 2.75) is 12.7 Å². The lowest BCUT2D eigenvalue weighted by atomic mass is 10.1. The van der Waals surface area contributed by atoms with Crippen LogP contribution in [-0.2, 0) is 22.8 Å². The van der Waals surface area contributed by atoms with Crippen molar-refractivity contribution in [3.63, 3.8) is 0 Å². The van der Waals surface area contributed by atoms with Crippen LogP contribution in [0.5, 0.6) is 0 Å². The average Bonchev–Trinajstić information content (AvgIpc) is 2.33. The second-order valence-corrected chi connectivity index (χ2v) is 5.71. The SMILES string of the molecule is O=S(=O)(O)CC[n+]1ccc2cc(C(F)(F)F)ccc2n1. The molecule has 0 atom stereocenters. The van der Waals surface area contributed by atoms with Gasteiger partial charge in [-0.15, -0.1) is 0 Å². The molecule has 9 heteroatoms. The van der Waals surface area contributed by atoms with E-state index in [1.807, 2.05) is 0 Å². The van der Waals surface area contributed by atoms with E-state index < -0.39 is 27.6 Å². The fourth-order valence-electron chi connectivity index (χ4n) is 1.63. The number of alkyl halides is 3. The van der Waals surface area contributed by atoms with E-state index in [9.17, 15) is 21.6 Å². The van der Waals surface area contributed by atoms with Gasteiger partial charge < -0.3 is 0 Å². The van der Waals surface area contributed by atoms with Crippen LogP contribution in [0.3, 0.4) is 0 Å². The smallest absolute Gasteiger partial charge is 0.285 e. The van der Waals surface area contributed by atoms with Crippen LogP contribution in [0.1, 0.15) is 5.56 Å². The van der Waals surface area contributed by atoms with Gasteiger partial charge in [-0.2, -0.15) is 21.6 Å². The van der Waals surface area contributed by atoms with Crippen molar-refractivity contribution in [2.24, 2.45) is 0 Å².